The Morgan fingerprint density at radius 1 is 1.13 bits per heavy atom. The van der Waals surface area contributed by atoms with E-state index in [1.165, 1.54) is 0 Å². The molecular formula is C24H22BrClN2O3. The van der Waals surface area contributed by atoms with Gasteiger partial charge >= 0.3 is 0 Å². The Bertz CT molecular complexity index is 1110. The summed E-state index contributed by atoms with van der Waals surface area (Å²) in [4.78, 5) is 12.2. The summed E-state index contributed by atoms with van der Waals surface area (Å²) in [5, 5.41) is 4.80. The van der Waals surface area contributed by atoms with Crippen LogP contribution in [0.2, 0.25) is 5.02 Å². The highest BCUT2D eigenvalue weighted by atomic mass is 79.9. The van der Waals surface area contributed by atoms with E-state index in [4.69, 9.17) is 21.1 Å². The molecule has 31 heavy (non-hydrogen) atoms. The quantitative estimate of drug-likeness (QED) is 0.316. The number of amides is 1. The third kappa shape index (κ3) is 6.09. The van der Waals surface area contributed by atoms with Crippen LogP contribution in [0.1, 0.15) is 32.6 Å². The second-order valence-corrected chi connectivity index (χ2v) is 8.23. The van der Waals surface area contributed by atoms with Crippen LogP contribution in [0.15, 0.2) is 64.2 Å². The summed E-state index contributed by atoms with van der Waals surface area (Å²) in [5.41, 5.74) is 6.64. The topological polar surface area (TPSA) is 59.9 Å². The van der Waals surface area contributed by atoms with E-state index in [1.54, 1.807) is 31.5 Å². The van der Waals surface area contributed by atoms with Crippen molar-refractivity contribution in [2.24, 2.45) is 5.10 Å². The average Bonchev–Trinajstić information content (AvgIpc) is 2.76. The number of carbonyl (C=O) groups is 1. The van der Waals surface area contributed by atoms with Crippen LogP contribution in [0.4, 0.5) is 0 Å². The molecule has 160 valence electrons. The zero-order valence-electron chi connectivity index (χ0n) is 17.4. The third-order valence-corrected chi connectivity index (χ3v) is 5.66. The van der Waals surface area contributed by atoms with Crippen LogP contribution < -0.4 is 14.9 Å². The number of ether oxygens (including phenoxy) is 2. The number of methoxy groups -OCH3 is 1. The van der Waals surface area contributed by atoms with Gasteiger partial charge in [0.05, 0.1) is 13.3 Å². The lowest BCUT2D eigenvalue weighted by Crippen LogP contribution is -2.17. The van der Waals surface area contributed by atoms with Crippen molar-refractivity contribution in [1.29, 1.82) is 0 Å². The maximum absolute atomic E-state index is 12.2. The Hall–Kier alpha value is -2.83. The maximum atomic E-state index is 12.2. The Balaban J connectivity index is 1.70. The van der Waals surface area contributed by atoms with Gasteiger partial charge in [-0.15, -0.1) is 0 Å². The molecule has 0 aliphatic heterocycles. The van der Waals surface area contributed by atoms with Gasteiger partial charge in [0.15, 0.2) is 0 Å². The summed E-state index contributed by atoms with van der Waals surface area (Å²) in [6, 6.07) is 16.5. The van der Waals surface area contributed by atoms with Crippen LogP contribution in [0.5, 0.6) is 11.5 Å². The summed E-state index contributed by atoms with van der Waals surface area (Å²) in [6.07, 6.45) is 1.58. The molecule has 0 saturated heterocycles. The third-order valence-electron chi connectivity index (χ3n) is 4.58. The molecule has 3 aromatic rings. The van der Waals surface area contributed by atoms with E-state index in [1.807, 2.05) is 50.2 Å². The van der Waals surface area contributed by atoms with Crippen molar-refractivity contribution >= 4 is 39.7 Å². The fourth-order valence-electron chi connectivity index (χ4n) is 3.00. The minimum absolute atomic E-state index is 0.289. The van der Waals surface area contributed by atoms with Gasteiger partial charge in [-0.3, -0.25) is 4.79 Å². The van der Waals surface area contributed by atoms with E-state index in [0.29, 0.717) is 17.9 Å². The molecule has 0 aliphatic carbocycles. The molecule has 0 spiro atoms. The van der Waals surface area contributed by atoms with Gasteiger partial charge in [0, 0.05) is 20.6 Å². The van der Waals surface area contributed by atoms with Gasteiger partial charge < -0.3 is 9.47 Å². The fourth-order valence-corrected chi connectivity index (χ4v) is 3.51. The molecular weight excluding hydrogens is 480 g/mol. The zero-order chi connectivity index (χ0) is 22.4. The molecule has 3 aromatic carbocycles. The van der Waals surface area contributed by atoms with Crippen molar-refractivity contribution < 1.29 is 14.3 Å². The minimum atomic E-state index is -0.289. The lowest BCUT2D eigenvalue weighted by atomic mass is 10.1. The average molecular weight is 502 g/mol. The maximum Gasteiger partial charge on any atom is 0.271 e. The summed E-state index contributed by atoms with van der Waals surface area (Å²) in [5.74, 6) is 1.16. The molecule has 0 radical (unpaired) electrons. The van der Waals surface area contributed by atoms with Gasteiger partial charge in [0.2, 0.25) is 0 Å². The van der Waals surface area contributed by atoms with E-state index in [9.17, 15) is 4.79 Å². The number of hydrogen-bond acceptors (Lipinski definition) is 4. The largest absolute Gasteiger partial charge is 0.496 e. The summed E-state index contributed by atoms with van der Waals surface area (Å²) < 4.78 is 12.2. The van der Waals surface area contributed by atoms with Crippen LogP contribution in [0, 0.1) is 13.8 Å². The first-order valence-electron chi connectivity index (χ1n) is 9.53. The summed E-state index contributed by atoms with van der Waals surface area (Å²) >= 11 is 9.58. The molecule has 1 N–H and O–H groups in total. The summed E-state index contributed by atoms with van der Waals surface area (Å²) in [6.45, 7) is 4.21. The van der Waals surface area contributed by atoms with E-state index >= 15 is 0 Å². The molecule has 0 atom stereocenters. The van der Waals surface area contributed by atoms with Crippen LogP contribution in [0.25, 0.3) is 0 Å². The molecule has 1 amide bonds. The lowest BCUT2D eigenvalue weighted by Gasteiger charge is -2.13. The van der Waals surface area contributed by atoms with Crippen molar-refractivity contribution in [2.45, 2.75) is 20.5 Å². The molecule has 0 fully saturated rings. The van der Waals surface area contributed by atoms with E-state index < -0.39 is 0 Å². The highest BCUT2D eigenvalue weighted by Crippen LogP contribution is 2.27. The van der Waals surface area contributed by atoms with Gasteiger partial charge in [-0.25, -0.2) is 5.43 Å². The second-order valence-electron chi connectivity index (χ2n) is 6.94. The van der Waals surface area contributed by atoms with Crippen molar-refractivity contribution in [2.75, 3.05) is 7.11 Å². The van der Waals surface area contributed by atoms with Crippen molar-refractivity contribution in [1.82, 2.24) is 5.43 Å². The van der Waals surface area contributed by atoms with Crippen LogP contribution >= 0.6 is 27.5 Å². The number of benzene rings is 3. The molecule has 5 nitrogen and oxygen atoms in total. The molecule has 0 saturated carbocycles. The van der Waals surface area contributed by atoms with Gasteiger partial charge in [-0.05, 0) is 79.1 Å². The van der Waals surface area contributed by atoms with Gasteiger partial charge in [0.1, 0.15) is 18.1 Å². The van der Waals surface area contributed by atoms with Crippen LogP contribution in [0.3, 0.4) is 0 Å². The Morgan fingerprint density at radius 3 is 2.55 bits per heavy atom. The number of halogens is 2. The number of nitrogens with one attached hydrogen (secondary N) is 1. The van der Waals surface area contributed by atoms with Crippen molar-refractivity contribution in [3.8, 4) is 11.5 Å². The van der Waals surface area contributed by atoms with Gasteiger partial charge in [0.25, 0.3) is 5.91 Å². The summed E-state index contributed by atoms with van der Waals surface area (Å²) in [7, 11) is 1.61. The molecule has 3 rings (SSSR count). The highest BCUT2D eigenvalue weighted by molar-refractivity contribution is 9.10. The van der Waals surface area contributed by atoms with E-state index in [-0.39, 0.29) is 5.91 Å². The molecule has 0 bridgehead atoms. The molecule has 7 heteroatoms. The van der Waals surface area contributed by atoms with E-state index in [0.717, 1.165) is 37.5 Å². The molecule has 0 aromatic heterocycles. The number of hydrogen-bond donors (Lipinski definition) is 1. The fraction of sp³-hybridized carbons (Fsp3) is 0.167. The first kappa shape index (κ1) is 22.8. The van der Waals surface area contributed by atoms with Crippen LogP contribution in [-0.2, 0) is 6.61 Å². The molecule has 0 heterocycles. The Labute approximate surface area is 195 Å². The molecule has 0 unspecified atom stereocenters. The zero-order valence-corrected chi connectivity index (χ0v) is 19.8. The minimum Gasteiger partial charge on any atom is -0.496 e. The van der Waals surface area contributed by atoms with E-state index in [2.05, 4.69) is 26.5 Å². The van der Waals surface area contributed by atoms with Crippen LogP contribution in [-0.4, -0.2) is 19.2 Å². The monoisotopic (exact) mass is 500 g/mol. The van der Waals surface area contributed by atoms with Gasteiger partial charge in [-0.2, -0.15) is 5.10 Å². The number of rotatable bonds is 7. The Kier molecular flexibility index (Phi) is 7.71. The normalized spacial score (nSPS) is 10.9. The van der Waals surface area contributed by atoms with Gasteiger partial charge in [-0.1, -0.05) is 33.6 Å². The standard InChI is InChI=1S/C24H22BrClN2O3/c1-15-9-21(10-16(2)23(15)26)31-14-19-11-17(7-8-22(19)30-3)13-27-28-24(29)18-5-4-6-20(25)12-18/h4-13H,14H2,1-3H3,(H,28,29). The second kappa shape index (κ2) is 10.5. The predicted octanol–water partition coefficient (Wildman–Crippen LogP) is 6.07. The molecule has 0 aliphatic rings. The smallest absolute Gasteiger partial charge is 0.271 e. The lowest BCUT2D eigenvalue weighted by molar-refractivity contribution is 0.0955. The Morgan fingerprint density at radius 2 is 1.87 bits per heavy atom. The SMILES string of the molecule is COc1ccc(C=NNC(=O)c2cccc(Br)c2)cc1COc1cc(C)c(Cl)c(C)c1. The number of nitrogens with zero attached hydrogens (tertiary/aromatic N) is 1. The number of carbonyl (C=O) groups excluding carboxylic acids is 1. The van der Waals surface area contributed by atoms with Crippen molar-refractivity contribution in [3.05, 3.63) is 91.9 Å². The number of aryl methyl sites for hydroxylation is 2. The first-order valence-corrected chi connectivity index (χ1v) is 10.7. The highest BCUT2D eigenvalue weighted by Gasteiger charge is 2.08. The predicted molar refractivity (Wildman–Crippen MR) is 127 cm³/mol. The number of hydrazone groups is 1. The first-order chi connectivity index (χ1) is 14.9. The van der Waals surface area contributed by atoms with Crippen molar-refractivity contribution in [3.63, 3.8) is 0 Å².